The first-order valence-electron chi connectivity index (χ1n) is 10.2. The second-order valence-electron chi connectivity index (χ2n) is 7.18. The third-order valence-electron chi connectivity index (χ3n) is 5.01. The molecule has 0 saturated carbocycles. The minimum Gasteiger partial charge on any atom is -0.495 e. The van der Waals surface area contributed by atoms with E-state index in [0.717, 1.165) is 16.5 Å². The molecule has 4 aromatic rings. The minimum absolute atomic E-state index is 0.279. The van der Waals surface area contributed by atoms with E-state index in [-0.39, 0.29) is 5.91 Å². The lowest BCUT2D eigenvalue weighted by molar-refractivity contribution is 0.102. The Labute approximate surface area is 207 Å². The normalized spacial score (nSPS) is 10.4. The van der Waals surface area contributed by atoms with Crippen LogP contribution in [0.4, 0.5) is 17.1 Å². The van der Waals surface area contributed by atoms with Crippen LogP contribution >= 0.6 is 23.8 Å². The highest BCUT2D eigenvalue weighted by Gasteiger charge is 2.13. The second kappa shape index (κ2) is 10.4. The molecule has 4 rings (SSSR count). The number of thiocarbonyl (C=S) groups is 1. The van der Waals surface area contributed by atoms with E-state index in [0.29, 0.717) is 38.7 Å². The van der Waals surface area contributed by atoms with E-state index < -0.39 is 0 Å². The third kappa shape index (κ3) is 5.19. The van der Waals surface area contributed by atoms with Crippen LogP contribution in [0.25, 0.3) is 10.8 Å². The molecule has 0 radical (unpaired) electrons. The van der Waals surface area contributed by atoms with Crippen LogP contribution in [0.15, 0.2) is 72.9 Å². The number of nitrogens with one attached hydrogen (secondary N) is 3. The molecule has 0 saturated heterocycles. The number of carbonyl (C=O) groups excluding carboxylic acids is 1. The van der Waals surface area contributed by atoms with Gasteiger partial charge in [0.25, 0.3) is 5.91 Å². The average molecular weight is 493 g/mol. The van der Waals surface area contributed by atoms with Gasteiger partial charge in [0.05, 0.1) is 24.9 Å². The topological polar surface area (TPSA) is 84.5 Å². The number of hydrogen-bond acceptors (Lipinski definition) is 5. The van der Waals surface area contributed by atoms with E-state index >= 15 is 0 Å². The Morgan fingerprint density at radius 3 is 2.26 bits per heavy atom. The van der Waals surface area contributed by atoms with Crippen molar-refractivity contribution in [1.29, 1.82) is 0 Å². The molecule has 3 aromatic carbocycles. The molecule has 0 aliphatic heterocycles. The molecule has 0 atom stereocenters. The van der Waals surface area contributed by atoms with Crippen molar-refractivity contribution < 1.29 is 14.3 Å². The molecule has 3 N–H and O–H groups in total. The number of aromatic nitrogens is 1. The number of hydrogen-bond donors (Lipinski definition) is 3. The van der Waals surface area contributed by atoms with Gasteiger partial charge in [-0.15, -0.1) is 0 Å². The van der Waals surface area contributed by atoms with Crippen molar-refractivity contribution in [3.8, 4) is 11.5 Å². The summed E-state index contributed by atoms with van der Waals surface area (Å²) in [6.07, 6.45) is 1.63. The highest BCUT2D eigenvalue weighted by Crippen LogP contribution is 2.36. The van der Waals surface area contributed by atoms with E-state index in [2.05, 4.69) is 20.9 Å². The van der Waals surface area contributed by atoms with Gasteiger partial charge in [-0.3, -0.25) is 9.78 Å². The number of methoxy groups -OCH3 is 2. The summed E-state index contributed by atoms with van der Waals surface area (Å²) in [6, 6.07) is 20.0. The van der Waals surface area contributed by atoms with Crippen molar-refractivity contribution in [2.45, 2.75) is 0 Å². The summed E-state index contributed by atoms with van der Waals surface area (Å²) in [5.41, 5.74) is 2.33. The average Bonchev–Trinajstić information content (AvgIpc) is 2.85. The van der Waals surface area contributed by atoms with Crippen LogP contribution in [-0.4, -0.2) is 30.2 Å². The first-order valence-corrected chi connectivity index (χ1v) is 11.0. The first kappa shape index (κ1) is 23.3. The summed E-state index contributed by atoms with van der Waals surface area (Å²) in [4.78, 5) is 17.0. The number of rotatable bonds is 6. The summed E-state index contributed by atoms with van der Waals surface area (Å²) < 4.78 is 10.6. The molecule has 34 heavy (non-hydrogen) atoms. The molecule has 0 bridgehead atoms. The maximum atomic E-state index is 12.8. The van der Waals surface area contributed by atoms with E-state index in [1.54, 1.807) is 49.7 Å². The highest BCUT2D eigenvalue weighted by atomic mass is 35.5. The van der Waals surface area contributed by atoms with Crippen molar-refractivity contribution in [1.82, 2.24) is 4.98 Å². The minimum atomic E-state index is -0.279. The van der Waals surface area contributed by atoms with Crippen LogP contribution in [0.3, 0.4) is 0 Å². The van der Waals surface area contributed by atoms with Gasteiger partial charge in [0.15, 0.2) is 5.11 Å². The molecule has 0 aliphatic rings. The standard InChI is InChI=1S/C25H21ClN4O3S/c1-32-21-14-22(33-2)20(13-19(21)26)30-25(34)29-17-9-7-16(8-10-17)28-24(31)23-18-6-4-3-5-15(18)11-12-27-23/h3-14H,1-2H3,(H,28,31)(H2,29,30,34). The van der Waals surface area contributed by atoms with Crippen molar-refractivity contribution >= 4 is 62.7 Å². The Morgan fingerprint density at radius 2 is 1.56 bits per heavy atom. The number of ether oxygens (including phenoxy) is 2. The molecule has 7 nitrogen and oxygen atoms in total. The summed E-state index contributed by atoms with van der Waals surface area (Å²) in [6.45, 7) is 0. The number of benzene rings is 3. The predicted octanol–water partition coefficient (Wildman–Crippen LogP) is 5.97. The Hall–Kier alpha value is -3.88. The summed E-state index contributed by atoms with van der Waals surface area (Å²) in [7, 11) is 3.08. The van der Waals surface area contributed by atoms with Gasteiger partial charge < -0.3 is 25.4 Å². The number of carbonyl (C=O) groups is 1. The van der Waals surface area contributed by atoms with Gasteiger partial charge in [-0.2, -0.15) is 0 Å². The van der Waals surface area contributed by atoms with E-state index in [4.69, 9.17) is 33.3 Å². The van der Waals surface area contributed by atoms with Crippen LogP contribution in [-0.2, 0) is 0 Å². The zero-order valence-electron chi connectivity index (χ0n) is 18.4. The Bertz CT molecular complexity index is 1360. The largest absolute Gasteiger partial charge is 0.495 e. The lowest BCUT2D eigenvalue weighted by Gasteiger charge is -2.15. The number of halogens is 1. The van der Waals surface area contributed by atoms with Crippen LogP contribution in [0.2, 0.25) is 5.02 Å². The molecule has 1 heterocycles. The van der Waals surface area contributed by atoms with Gasteiger partial charge in [0.1, 0.15) is 17.2 Å². The molecule has 1 aromatic heterocycles. The van der Waals surface area contributed by atoms with Gasteiger partial charge >= 0.3 is 0 Å². The van der Waals surface area contributed by atoms with Crippen molar-refractivity contribution in [2.24, 2.45) is 0 Å². The number of pyridine rings is 1. The molecular weight excluding hydrogens is 472 g/mol. The van der Waals surface area contributed by atoms with E-state index in [9.17, 15) is 4.79 Å². The van der Waals surface area contributed by atoms with Gasteiger partial charge in [-0.1, -0.05) is 35.9 Å². The molecule has 0 spiro atoms. The lowest BCUT2D eigenvalue weighted by Crippen LogP contribution is -2.19. The Kier molecular flexibility index (Phi) is 7.10. The fourth-order valence-corrected chi connectivity index (χ4v) is 3.84. The van der Waals surface area contributed by atoms with Crippen LogP contribution in [0, 0.1) is 0 Å². The molecule has 0 unspecified atom stereocenters. The molecular formula is C25H21ClN4O3S. The molecule has 1 amide bonds. The lowest BCUT2D eigenvalue weighted by atomic mass is 10.1. The van der Waals surface area contributed by atoms with Gasteiger partial charge in [-0.05, 0) is 54.0 Å². The number of amides is 1. The monoisotopic (exact) mass is 492 g/mol. The van der Waals surface area contributed by atoms with Gasteiger partial charge in [0, 0.05) is 29.0 Å². The Balaban J connectivity index is 1.41. The second-order valence-corrected chi connectivity index (χ2v) is 7.99. The first-order chi connectivity index (χ1) is 16.5. The zero-order valence-corrected chi connectivity index (χ0v) is 20.0. The third-order valence-corrected chi connectivity index (χ3v) is 5.51. The van der Waals surface area contributed by atoms with Crippen molar-refractivity contribution in [3.05, 3.63) is 83.6 Å². The predicted molar refractivity (Wildman–Crippen MR) is 141 cm³/mol. The van der Waals surface area contributed by atoms with E-state index in [1.807, 2.05) is 30.3 Å². The molecule has 0 aliphatic carbocycles. The fourth-order valence-electron chi connectivity index (χ4n) is 3.37. The van der Waals surface area contributed by atoms with Crippen molar-refractivity contribution in [3.63, 3.8) is 0 Å². The Morgan fingerprint density at radius 1 is 0.882 bits per heavy atom. The number of fused-ring (bicyclic) bond motifs is 1. The van der Waals surface area contributed by atoms with E-state index in [1.165, 1.54) is 7.11 Å². The maximum Gasteiger partial charge on any atom is 0.274 e. The molecule has 172 valence electrons. The summed E-state index contributed by atoms with van der Waals surface area (Å²) in [5, 5.41) is 11.6. The molecule has 9 heteroatoms. The smallest absolute Gasteiger partial charge is 0.274 e. The SMILES string of the molecule is COc1cc(OC)c(NC(=S)Nc2ccc(NC(=O)c3nccc4ccccc34)cc2)cc1Cl. The quantitative estimate of drug-likeness (QED) is 0.286. The number of nitrogens with zero attached hydrogens (tertiary/aromatic N) is 1. The maximum absolute atomic E-state index is 12.8. The molecule has 0 fully saturated rings. The summed E-state index contributed by atoms with van der Waals surface area (Å²) >= 11 is 11.6. The zero-order chi connectivity index (χ0) is 24.1. The fraction of sp³-hybridized carbons (Fsp3) is 0.0800. The van der Waals surface area contributed by atoms with Gasteiger partial charge in [-0.25, -0.2) is 0 Å². The number of anilines is 3. The summed E-state index contributed by atoms with van der Waals surface area (Å²) in [5.74, 6) is 0.753. The highest BCUT2D eigenvalue weighted by molar-refractivity contribution is 7.80. The van der Waals surface area contributed by atoms with Crippen LogP contribution in [0.1, 0.15) is 10.5 Å². The van der Waals surface area contributed by atoms with Crippen LogP contribution < -0.4 is 25.4 Å². The van der Waals surface area contributed by atoms with Crippen molar-refractivity contribution in [2.75, 3.05) is 30.2 Å². The van der Waals surface area contributed by atoms with Gasteiger partial charge in [0.2, 0.25) is 0 Å². The van der Waals surface area contributed by atoms with Crippen LogP contribution in [0.5, 0.6) is 11.5 Å².